The molecule has 164 valence electrons. The van der Waals surface area contributed by atoms with Gasteiger partial charge in [-0.15, -0.1) is 0 Å². The number of amides is 3. The average molecular weight is 476 g/mol. The first-order valence-electron chi connectivity index (χ1n) is 10.4. The molecule has 0 bridgehead atoms. The predicted octanol–water partition coefficient (Wildman–Crippen LogP) is 6.40. The highest BCUT2D eigenvalue weighted by Gasteiger charge is 2.35. The number of imide groups is 1. The van der Waals surface area contributed by atoms with Crippen LogP contribution in [0, 0.1) is 6.92 Å². The fourth-order valence-electron chi connectivity index (χ4n) is 4.14. The van der Waals surface area contributed by atoms with Crippen LogP contribution in [0.25, 0.3) is 17.0 Å². The van der Waals surface area contributed by atoms with Gasteiger partial charge in [0.1, 0.15) is 5.70 Å². The van der Waals surface area contributed by atoms with Gasteiger partial charge in [0.15, 0.2) is 0 Å². The van der Waals surface area contributed by atoms with Crippen LogP contribution in [-0.2, 0) is 11.3 Å². The molecule has 0 radical (unpaired) electrons. The van der Waals surface area contributed by atoms with Crippen molar-refractivity contribution in [2.24, 2.45) is 0 Å². The van der Waals surface area contributed by atoms with E-state index in [-0.39, 0.29) is 5.70 Å². The van der Waals surface area contributed by atoms with Gasteiger partial charge in [-0.05, 0) is 55.0 Å². The summed E-state index contributed by atoms with van der Waals surface area (Å²) in [7, 11) is 0. The SMILES string of the molecule is Cc1c(/C=C2/NC(=O)N(c3ccc(Cl)cc3)C2=O)c2ccccc2n1Cc1ccccc1Cl. The van der Waals surface area contributed by atoms with Crippen LogP contribution in [0.15, 0.2) is 78.5 Å². The van der Waals surface area contributed by atoms with Crippen LogP contribution in [0.3, 0.4) is 0 Å². The number of halogens is 2. The summed E-state index contributed by atoms with van der Waals surface area (Å²) in [6.07, 6.45) is 1.75. The van der Waals surface area contributed by atoms with E-state index in [1.165, 1.54) is 0 Å². The molecule has 2 heterocycles. The first-order chi connectivity index (χ1) is 15.9. The van der Waals surface area contributed by atoms with Crippen LogP contribution in [0.4, 0.5) is 10.5 Å². The van der Waals surface area contributed by atoms with Crippen molar-refractivity contribution in [3.63, 3.8) is 0 Å². The van der Waals surface area contributed by atoms with Gasteiger partial charge >= 0.3 is 6.03 Å². The molecule has 0 saturated carbocycles. The Morgan fingerprint density at radius 3 is 2.36 bits per heavy atom. The third-order valence-corrected chi connectivity index (χ3v) is 6.44. The molecule has 0 atom stereocenters. The van der Waals surface area contributed by atoms with Crippen LogP contribution in [0.1, 0.15) is 16.8 Å². The summed E-state index contributed by atoms with van der Waals surface area (Å²) in [5, 5.41) is 4.93. The Hall–Kier alpha value is -3.54. The standard InChI is InChI=1S/C26H19Cl2N3O2/c1-16-21(14-23-25(32)31(26(33)29-23)19-12-10-18(27)11-13-19)20-7-3-5-9-24(20)30(16)15-17-6-2-4-8-22(17)28/h2-14H,15H2,1H3,(H,29,33)/b23-14+. The predicted molar refractivity (Wildman–Crippen MR) is 133 cm³/mol. The second-order valence-electron chi connectivity index (χ2n) is 7.80. The summed E-state index contributed by atoms with van der Waals surface area (Å²) < 4.78 is 2.17. The largest absolute Gasteiger partial charge is 0.340 e. The van der Waals surface area contributed by atoms with Crippen molar-refractivity contribution in [2.45, 2.75) is 13.5 Å². The first kappa shape index (κ1) is 21.3. The molecule has 33 heavy (non-hydrogen) atoms. The zero-order valence-corrected chi connectivity index (χ0v) is 19.2. The van der Waals surface area contributed by atoms with Crippen LogP contribution < -0.4 is 10.2 Å². The Morgan fingerprint density at radius 2 is 1.61 bits per heavy atom. The second-order valence-corrected chi connectivity index (χ2v) is 8.64. The molecule has 1 aliphatic heterocycles. The Morgan fingerprint density at radius 1 is 0.909 bits per heavy atom. The van der Waals surface area contributed by atoms with Gasteiger partial charge in [0, 0.05) is 38.8 Å². The summed E-state index contributed by atoms with van der Waals surface area (Å²) in [5.74, 6) is -0.412. The number of anilines is 1. The number of aromatic nitrogens is 1. The van der Waals surface area contributed by atoms with E-state index in [9.17, 15) is 9.59 Å². The molecule has 5 rings (SSSR count). The summed E-state index contributed by atoms with van der Waals surface area (Å²) in [4.78, 5) is 26.8. The number of fused-ring (bicyclic) bond motifs is 1. The number of benzene rings is 3. The van der Waals surface area contributed by atoms with E-state index in [0.717, 1.165) is 32.6 Å². The van der Waals surface area contributed by atoms with Gasteiger partial charge in [0.05, 0.1) is 5.69 Å². The molecule has 5 nitrogen and oxygen atoms in total. The number of para-hydroxylation sites is 1. The molecule has 0 spiro atoms. The number of nitrogens with zero attached hydrogens (tertiary/aromatic N) is 2. The van der Waals surface area contributed by atoms with Crippen LogP contribution in [-0.4, -0.2) is 16.5 Å². The molecule has 1 saturated heterocycles. The Bertz CT molecular complexity index is 1440. The monoisotopic (exact) mass is 475 g/mol. The lowest BCUT2D eigenvalue weighted by molar-refractivity contribution is -0.113. The number of rotatable bonds is 4. The Balaban J connectivity index is 1.57. The third kappa shape index (κ3) is 3.80. The minimum atomic E-state index is -0.494. The van der Waals surface area contributed by atoms with Crippen molar-refractivity contribution in [3.8, 4) is 0 Å². The molecule has 1 aliphatic rings. The van der Waals surface area contributed by atoms with Gasteiger partial charge in [0.2, 0.25) is 0 Å². The lowest BCUT2D eigenvalue weighted by Crippen LogP contribution is -2.30. The molecule has 3 aromatic carbocycles. The van der Waals surface area contributed by atoms with Crippen molar-refractivity contribution in [1.29, 1.82) is 0 Å². The van der Waals surface area contributed by atoms with E-state index in [0.29, 0.717) is 22.3 Å². The second kappa shape index (κ2) is 8.43. The summed E-state index contributed by atoms with van der Waals surface area (Å²) in [6, 6.07) is 21.8. The van der Waals surface area contributed by atoms with E-state index in [2.05, 4.69) is 9.88 Å². The first-order valence-corrected chi connectivity index (χ1v) is 11.1. The number of urea groups is 1. The molecule has 1 aromatic heterocycles. The van der Waals surface area contributed by atoms with Crippen LogP contribution in [0.2, 0.25) is 10.0 Å². The maximum Gasteiger partial charge on any atom is 0.333 e. The van der Waals surface area contributed by atoms with E-state index < -0.39 is 11.9 Å². The van der Waals surface area contributed by atoms with Crippen molar-refractivity contribution in [2.75, 3.05) is 4.90 Å². The van der Waals surface area contributed by atoms with Gasteiger partial charge in [-0.1, -0.05) is 59.6 Å². The number of carbonyl (C=O) groups excluding carboxylic acids is 2. The fourth-order valence-corrected chi connectivity index (χ4v) is 4.47. The van der Waals surface area contributed by atoms with E-state index in [1.807, 2.05) is 55.5 Å². The quantitative estimate of drug-likeness (QED) is 0.274. The van der Waals surface area contributed by atoms with Gasteiger partial charge in [-0.25, -0.2) is 9.69 Å². The van der Waals surface area contributed by atoms with Crippen molar-refractivity contribution < 1.29 is 9.59 Å². The molecular formula is C26H19Cl2N3O2. The zero-order valence-electron chi connectivity index (χ0n) is 17.7. The number of hydrogen-bond acceptors (Lipinski definition) is 2. The molecule has 3 amide bonds. The number of carbonyl (C=O) groups is 2. The summed E-state index contributed by atoms with van der Waals surface area (Å²) >= 11 is 12.4. The lowest BCUT2D eigenvalue weighted by Gasteiger charge is -2.11. The summed E-state index contributed by atoms with van der Waals surface area (Å²) in [5.41, 5.74) is 4.55. The normalized spacial score (nSPS) is 15.0. The molecule has 0 aliphatic carbocycles. The highest BCUT2D eigenvalue weighted by molar-refractivity contribution is 6.32. The Labute approximate surface area is 200 Å². The highest BCUT2D eigenvalue weighted by Crippen LogP contribution is 2.31. The summed E-state index contributed by atoms with van der Waals surface area (Å²) in [6.45, 7) is 2.59. The smallest absolute Gasteiger partial charge is 0.333 e. The lowest BCUT2D eigenvalue weighted by atomic mass is 10.1. The topological polar surface area (TPSA) is 54.3 Å². The van der Waals surface area contributed by atoms with E-state index >= 15 is 0 Å². The molecule has 0 unspecified atom stereocenters. The van der Waals surface area contributed by atoms with E-state index in [4.69, 9.17) is 23.2 Å². The van der Waals surface area contributed by atoms with Crippen molar-refractivity contribution in [1.82, 2.24) is 9.88 Å². The molecule has 7 heteroatoms. The van der Waals surface area contributed by atoms with E-state index in [1.54, 1.807) is 30.3 Å². The Kier molecular flexibility index (Phi) is 5.44. The average Bonchev–Trinajstić information content (AvgIpc) is 3.24. The number of hydrogen-bond donors (Lipinski definition) is 1. The molecular weight excluding hydrogens is 457 g/mol. The van der Waals surface area contributed by atoms with Gasteiger partial charge in [-0.3, -0.25) is 4.79 Å². The molecule has 1 N–H and O–H groups in total. The maximum atomic E-state index is 13.1. The van der Waals surface area contributed by atoms with Gasteiger partial charge in [-0.2, -0.15) is 0 Å². The minimum Gasteiger partial charge on any atom is -0.340 e. The van der Waals surface area contributed by atoms with Crippen molar-refractivity contribution >= 4 is 57.8 Å². The number of nitrogens with one attached hydrogen (secondary N) is 1. The highest BCUT2D eigenvalue weighted by atomic mass is 35.5. The molecule has 1 fully saturated rings. The van der Waals surface area contributed by atoms with Gasteiger partial charge in [0.25, 0.3) is 5.91 Å². The minimum absolute atomic E-state index is 0.221. The molecule has 4 aromatic rings. The van der Waals surface area contributed by atoms with Crippen LogP contribution >= 0.6 is 23.2 Å². The fraction of sp³-hybridized carbons (Fsp3) is 0.0769. The zero-order chi connectivity index (χ0) is 23.1. The maximum absolute atomic E-state index is 13.1. The van der Waals surface area contributed by atoms with Crippen molar-refractivity contribution in [3.05, 3.63) is 105 Å². The van der Waals surface area contributed by atoms with Gasteiger partial charge < -0.3 is 9.88 Å². The third-order valence-electron chi connectivity index (χ3n) is 5.82. The van der Waals surface area contributed by atoms with Crippen LogP contribution in [0.5, 0.6) is 0 Å².